The van der Waals surface area contributed by atoms with Crippen molar-refractivity contribution >= 4 is 34.9 Å². The summed E-state index contributed by atoms with van der Waals surface area (Å²) in [6.45, 7) is 0. The molecule has 1 aliphatic rings. The quantitative estimate of drug-likeness (QED) is 0.470. The van der Waals surface area contributed by atoms with Crippen LogP contribution in [0.5, 0.6) is 0 Å². The van der Waals surface area contributed by atoms with E-state index in [-0.39, 0.29) is 17.9 Å². The third-order valence-corrected chi connectivity index (χ3v) is 7.00. The van der Waals surface area contributed by atoms with Crippen molar-refractivity contribution in [1.29, 1.82) is 0 Å². The lowest BCUT2D eigenvalue weighted by atomic mass is 9.81. The number of carbonyl (C=O) groups excluding carboxylic acids is 2. The number of rotatable bonds is 6. The zero-order valence-corrected chi connectivity index (χ0v) is 21.1. The number of halogens is 1. The third-order valence-electron chi connectivity index (χ3n) is 6.75. The molecule has 0 atom stereocenters. The average molecular weight is 491 g/mol. The van der Waals surface area contributed by atoms with Gasteiger partial charge in [-0.3, -0.25) is 9.59 Å². The van der Waals surface area contributed by atoms with Crippen molar-refractivity contribution in [3.8, 4) is 0 Å². The molecule has 2 amide bonds. The van der Waals surface area contributed by atoms with Crippen molar-refractivity contribution < 1.29 is 9.59 Å². The van der Waals surface area contributed by atoms with Crippen molar-refractivity contribution in [3.05, 3.63) is 88.6 Å². The van der Waals surface area contributed by atoms with Crippen molar-refractivity contribution in [2.45, 2.75) is 37.6 Å². The molecule has 2 aromatic carbocycles. The highest BCUT2D eigenvalue weighted by Gasteiger charge is 2.28. The number of benzene rings is 2. The largest absolute Gasteiger partial charge is 0.362 e. The fourth-order valence-electron chi connectivity index (χ4n) is 4.73. The standard InChI is InChI=1S/C28H31ClN4O2/c1-32(2)26-25(5-4-18-30-26)27(34)31-23-14-8-19(9-15-23)20-10-16-24(17-11-20)33(3)28(35)21-6-12-22(29)13-7-21/h4-9,12-15,18,20,24H,10-11,16-17H2,1-3H3,(H,31,34). The van der Waals surface area contributed by atoms with E-state index in [9.17, 15) is 9.59 Å². The number of amides is 2. The van der Waals surface area contributed by atoms with Gasteiger partial charge in [0.25, 0.3) is 11.8 Å². The number of aromatic nitrogens is 1. The average Bonchev–Trinajstić information content (AvgIpc) is 2.89. The molecule has 0 bridgehead atoms. The van der Waals surface area contributed by atoms with Gasteiger partial charge in [0.1, 0.15) is 5.82 Å². The van der Waals surface area contributed by atoms with Crippen LogP contribution >= 0.6 is 11.6 Å². The Labute approximate surface area is 211 Å². The molecular weight excluding hydrogens is 460 g/mol. The van der Waals surface area contributed by atoms with Crippen LogP contribution < -0.4 is 10.2 Å². The minimum atomic E-state index is -0.177. The topological polar surface area (TPSA) is 65.5 Å². The maximum Gasteiger partial charge on any atom is 0.259 e. The molecule has 0 spiro atoms. The first-order valence-corrected chi connectivity index (χ1v) is 12.3. The van der Waals surface area contributed by atoms with Crippen molar-refractivity contribution in [2.75, 3.05) is 31.4 Å². The number of hydrogen-bond donors (Lipinski definition) is 1. The van der Waals surface area contributed by atoms with Gasteiger partial charge < -0.3 is 15.1 Å². The molecule has 7 heteroatoms. The van der Waals surface area contributed by atoms with Crippen LogP contribution in [-0.4, -0.2) is 48.9 Å². The first kappa shape index (κ1) is 24.7. The molecule has 1 aromatic heterocycles. The predicted molar refractivity (Wildman–Crippen MR) is 142 cm³/mol. The maximum atomic E-state index is 12.8. The molecule has 1 N–H and O–H groups in total. The van der Waals surface area contributed by atoms with Gasteiger partial charge in [0, 0.05) is 49.7 Å². The summed E-state index contributed by atoms with van der Waals surface area (Å²) in [5.41, 5.74) is 3.23. The van der Waals surface area contributed by atoms with Gasteiger partial charge in [-0.05, 0) is 85.7 Å². The number of pyridine rings is 1. The molecular formula is C28H31ClN4O2. The van der Waals surface area contributed by atoms with E-state index in [1.165, 1.54) is 5.56 Å². The van der Waals surface area contributed by atoms with Crippen LogP contribution in [0.4, 0.5) is 11.5 Å². The lowest BCUT2D eigenvalue weighted by Crippen LogP contribution is -2.39. The predicted octanol–water partition coefficient (Wildman–Crippen LogP) is 5.85. The van der Waals surface area contributed by atoms with E-state index >= 15 is 0 Å². The van der Waals surface area contributed by atoms with E-state index in [1.54, 1.807) is 42.6 Å². The zero-order chi connectivity index (χ0) is 24.9. The number of carbonyl (C=O) groups is 2. The lowest BCUT2D eigenvalue weighted by Gasteiger charge is -2.35. The first-order valence-electron chi connectivity index (χ1n) is 11.9. The van der Waals surface area contributed by atoms with Gasteiger partial charge in [0.2, 0.25) is 0 Å². The second-order valence-corrected chi connectivity index (χ2v) is 9.71. The minimum Gasteiger partial charge on any atom is -0.362 e. The molecule has 3 aromatic rings. The summed E-state index contributed by atoms with van der Waals surface area (Å²) in [4.78, 5) is 33.6. The summed E-state index contributed by atoms with van der Waals surface area (Å²) in [5, 5.41) is 3.61. The molecule has 1 aliphatic carbocycles. The van der Waals surface area contributed by atoms with Crippen LogP contribution in [0.1, 0.15) is 57.9 Å². The van der Waals surface area contributed by atoms with E-state index in [0.717, 1.165) is 31.4 Å². The zero-order valence-electron chi connectivity index (χ0n) is 20.4. The van der Waals surface area contributed by atoms with E-state index in [1.807, 2.05) is 43.1 Å². The van der Waals surface area contributed by atoms with Crippen LogP contribution in [0.2, 0.25) is 5.02 Å². The monoisotopic (exact) mass is 490 g/mol. The molecule has 182 valence electrons. The molecule has 0 saturated heterocycles. The van der Waals surface area contributed by atoms with Crippen LogP contribution in [0.3, 0.4) is 0 Å². The SMILES string of the molecule is CN(C)c1ncccc1C(=O)Nc1ccc(C2CCC(N(C)C(=O)c3ccc(Cl)cc3)CC2)cc1. The van der Waals surface area contributed by atoms with Crippen LogP contribution in [-0.2, 0) is 0 Å². The molecule has 1 saturated carbocycles. The molecule has 0 unspecified atom stereocenters. The van der Waals surface area contributed by atoms with Crippen molar-refractivity contribution in [3.63, 3.8) is 0 Å². The molecule has 35 heavy (non-hydrogen) atoms. The van der Waals surface area contributed by atoms with Gasteiger partial charge in [0.05, 0.1) is 5.56 Å². The Kier molecular flexibility index (Phi) is 7.71. The highest BCUT2D eigenvalue weighted by atomic mass is 35.5. The lowest BCUT2D eigenvalue weighted by molar-refractivity contribution is 0.0689. The second-order valence-electron chi connectivity index (χ2n) is 9.27. The van der Waals surface area contributed by atoms with E-state index in [0.29, 0.717) is 27.9 Å². The summed E-state index contributed by atoms with van der Waals surface area (Å²) in [5.74, 6) is 0.950. The van der Waals surface area contributed by atoms with Gasteiger partial charge in [-0.15, -0.1) is 0 Å². The summed E-state index contributed by atoms with van der Waals surface area (Å²) < 4.78 is 0. The van der Waals surface area contributed by atoms with Crippen LogP contribution in [0, 0.1) is 0 Å². The summed E-state index contributed by atoms with van der Waals surface area (Å²) in [7, 11) is 5.63. The fraction of sp³-hybridized carbons (Fsp3) is 0.321. The van der Waals surface area contributed by atoms with Gasteiger partial charge in [-0.2, -0.15) is 0 Å². The number of nitrogens with one attached hydrogen (secondary N) is 1. The Bertz CT molecular complexity index is 1170. The van der Waals surface area contributed by atoms with E-state index in [4.69, 9.17) is 11.6 Å². The normalized spacial score (nSPS) is 17.5. The highest BCUT2D eigenvalue weighted by Crippen LogP contribution is 2.35. The van der Waals surface area contributed by atoms with Crippen molar-refractivity contribution in [2.24, 2.45) is 0 Å². The Morgan fingerprint density at radius 1 is 0.914 bits per heavy atom. The van der Waals surface area contributed by atoms with Gasteiger partial charge >= 0.3 is 0 Å². The minimum absolute atomic E-state index is 0.0382. The van der Waals surface area contributed by atoms with E-state index in [2.05, 4.69) is 22.4 Å². The molecule has 1 fully saturated rings. The Hall–Kier alpha value is -3.38. The Morgan fingerprint density at radius 3 is 2.20 bits per heavy atom. The van der Waals surface area contributed by atoms with Crippen LogP contribution in [0.25, 0.3) is 0 Å². The first-order chi connectivity index (χ1) is 16.8. The number of anilines is 2. The molecule has 0 radical (unpaired) electrons. The molecule has 1 heterocycles. The summed E-state index contributed by atoms with van der Waals surface area (Å²) in [6.07, 6.45) is 5.66. The summed E-state index contributed by atoms with van der Waals surface area (Å²) >= 11 is 5.95. The Morgan fingerprint density at radius 2 is 1.57 bits per heavy atom. The Balaban J connectivity index is 1.33. The molecule has 6 nitrogen and oxygen atoms in total. The fourth-order valence-corrected chi connectivity index (χ4v) is 4.85. The van der Waals surface area contributed by atoms with Gasteiger partial charge in [-0.25, -0.2) is 4.98 Å². The van der Waals surface area contributed by atoms with Crippen molar-refractivity contribution in [1.82, 2.24) is 9.88 Å². The molecule has 0 aliphatic heterocycles. The number of nitrogens with zero attached hydrogens (tertiary/aromatic N) is 3. The second kappa shape index (κ2) is 10.9. The van der Waals surface area contributed by atoms with E-state index < -0.39 is 0 Å². The van der Waals surface area contributed by atoms with Gasteiger partial charge in [0.15, 0.2) is 0 Å². The smallest absolute Gasteiger partial charge is 0.259 e. The summed E-state index contributed by atoms with van der Waals surface area (Å²) in [6, 6.07) is 19.0. The highest BCUT2D eigenvalue weighted by molar-refractivity contribution is 6.30. The maximum absolute atomic E-state index is 12.8. The number of hydrogen-bond acceptors (Lipinski definition) is 4. The van der Waals surface area contributed by atoms with Crippen LogP contribution in [0.15, 0.2) is 66.9 Å². The third kappa shape index (κ3) is 5.82. The molecule has 4 rings (SSSR count). The van der Waals surface area contributed by atoms with Gasteiger partial charge in [-0.1, -0.05) is 23.7 Å².